The summed E-state index contributed by atoms with van der Waals surface area (Å²) >= 11 is 0. The Kier molecular flexibility index (Phi) is 5.01. The fourth-order valence-electron chi connectivity index (χ4n) is 3.10. The summed E-state index contributed by atoms with van der Waals surface area (Å²) in [4.78, 5) is 11.8. The number of carbonyl (C=O) groups excluding carboxylic acids is 1. The zero-order chi connectivity index (χ0) is 13.0. The highest BCUT2D eigenvalue weighted by atomic mass is 16.5. The lowest BCUT2D eigenvalue weighted by atomic mass is 9.68. The summed E-state index contributed by atoms with van der Waals surface area (Å²) in [5.74, 6) is 0.600. The van der Waals surface area contributed by atoms with Gasteiger partial charge in [-0.2, -0.15) is 0 Å². The topological polar surface area (TPSA) is 64.4 Å². The molecule has 0 radical (unpaired) electrons. The van der Waals surface area contributed by atoms with E-state index < -0.39 is 0 Å². The molecule has 1 saturated carbocycles. The van der Waals surface area contributed by atoms with Crippen molar-refractivity contribution in [2.24, 2.45) is 11.7 Å². The first-order valence-corrected chi connectivity index (χ1v) is 7.40. The lowest BCUT2D eigenvalue weighted by molar-refractivity contribution is -0.139. The largest absolute Gasteiger partial charge is 0.376 e. The van der Waals surface area contributed by atoms with Crippen molar-refractivity contribution in [1.29, 1.82) is 0 Å². The zero-order valence-electron chi connectivity index (χ0n) is 11.4. The minimum absolute atomic E-state index is 0.0500. The van der Waals surface area contributed by atoms with Crippen molar-refractivity contribution < 1.29 is 9.53 Å². The van der Waals surface area contributed by atoms with Crippen LogP contribution in [-0.4, -0.2) is 30.7 Å². The highest BCUT2D eigenvalue weighted by Crippen LogP contribution is 2.36. The van der Waals surface area contributed by atoms with Crippen LogP contribution in [0.3, 0.4) is 0 Å². The third kappa shape index (κ3) is 3.04. The SMILES string of the molecule is CCCCCCC(=O)NC1C(N)C2CCCOC21. The van der Waals surface area contributed by atoms with Crippen molar-refractivity contribution in [3.8, 4) is 0 Å². The standard InChI is InChI=1S/C14H26N2O2/c1-2-3-4-5-8-11(17)16-13-12(15)10-7-6-9-18-14(10)13/h10,12-14H,2-9,15H2,1H3,(H,16,17). The van der Waals surface area contributed by atoms with Gasteiger partial charge in [0, 0.05) is 25.0 Å². The van der Waals surface area contributed by atoms with Crippen molar-refractivity contribution in [2.45, 2.75) is 70.1 Å². The molecule has 0 aromatic rings. The summed E-state index contributed by atoms with van der Waals surface area (Å²) in [6.45, 7) is 2.99. The molecule has 4 heteroatoms. The minimum atomic E-state index is 0.0500. The van der Waals surface area contributed by atoms with E-state index in [0.29, 0.717) is 12.3 Å². The molecule has 4 unspecified atom stereocenters. The van der Waals surface area contributed by atoms with Crippen LogP contribution < -0.4 is 11.1 Å². The van der Waals surface area contributed by atoms with Gasteiger partial charge in [-0.1, -0.05) is 26.2 Å². The molecule has 0 aromatic carbocycles. The van der Waals surface area contributed by atoms with Gasteiger partial charge < -0.3 is 15.8 Å². The average molecular weight is 254 g/mol. The summed E-state index contributed by atoms with van der Waals surface area (Å²) in [6, 6.07) is 0.142. The number of hydrogen-bond acceptors (Lipinski definition) is 3. The highest BCUT2D eigenvalue weighted by molar-refractivity contribution is 5.76. The monoisotopic (exact) mass is 254 g/mol. The number of rotatable bonds is 6. The van der Waals surface area contributed by atoms with Crippen LogP contribution in [0.2, 0.25) is 0 Å². The van der Waals surface area contributed by atoms with Gasteiger partial charge in [-0.25, -0.2) is 0 Å². The number of amides is 1. The summed E-state index contributed by atoms with van der Waals surface area (Å²) in [5.41, 5.74) is 6.11. The Morgan fingerprint density at radius 3 is 3.00 bits per heavy atom. The molecular formula is C14H26N2O2. The fourth-order valence-corrected chi connectivity index (χ4v) is 3.10. The molecule has 0 bridgehead atoms. The number of nitrogens with one attached hydrogen (secondary N) is 1. The number of fused-ring (bicyclic) bond motifs is 1. The molecule has 4 nitrogen and oxygen atoms in total. The summed E-state index contributed by atoms with van der Waals surface area (Å²) in [6.07, 6.45) is 7.59. The molecule has 0 spiro atoms. The van der Waals surface area contributed by atoms with Gasteiger partial charge in [0.2, 0.25) is 5.91 Å². The van der Waals surface area contributed by atoms with Crippen molar-refractivity contribution >= 4 is 5.91 Å². The number of nitrogens with two attached hydrogens (primary N) is 1. The van der Waals surface area contributed by atoms with Crippen molar-refractivity contribution in [3.63, 3.8) is 0 Å². The maximum Gasteiger partial charge on any atom is 0.220 e. The molecule has 104 valence electrons. The van der Waals surface area contributed by atoms with E-state index in [0.717, 1.165) is 32.3 Å². The van der Waals surface area contributed by atoms with Crippen LogP contribution in [0.1, 0.15) is 51.9 Å². The molecule has 1 aliphatic heterocycles. The van der Waals surface area contributed by atoms with E-state index in [4.69, 9.17) is 10.5 Å². The zero-order valence-corrected chi connectivity index (χ0v) is 11.4. The predicted molar refractivity (Wildman–Crippen MR) is 71.1 cm³/mol. The van der Waals surface area contributed by atoms with Gasteiger partial charge in [-0.05, 0) is 19.3 Å². The van der Waals surface area contributed by atoms with E-state index >= 15 is 0 Å². The Morgan fingerprint density at radius 2 is 2.22 bits per heavy atom. The third-order valence-electron chi connectivity index (χ3n) is 4.26. The van der Waals surface area contributed by atoms with Crippen LogP contribution in [0.15, 0.2) is 0 Å². The Labute approximate surface area is 110 Å². The Balaban J connectivity index is 1.68. The van der Waals surface area contributed by atoms with Crippen LogP contribution >= 0.6 is 0 Å². The maximum atomic E-state index is 11.8. The smallest absolute Gasteiger partial charge is 0.220 e. The molecule has 1 heterocycles. The Morgan fingerprint density at radius 1 is 1.39 bits per heavy atom. The number of carbonyl (C=O) groups is 1. The third-order valence-corrected chi connectivity index (χ3v) is 4.26. The van der Waals surface area contributed by atoms with E-state index in [1.165, 1.54) is 12.8 Å². The summed E-state index contributed by atoms with van der Waals surface area (Å²) in [7, 11) is 0. The first-order valence-electron chi connectivity index (χ1n) is 7.40. The lowest BCUT2D eigenvalue weighted by Gasteiger charge is -2.52. The van der Waals surface area contributed by atoms with Crippen LogP contribution in [0.4, 0.5) is 0 Å². The van der Waals surface area contributed by atoms with Gasteiger partial charge >= 0.3 is 0 Å². The predicted octanol–water partition coefficient (Wildman–Crippen LogP) is 1.58. The highest BCUT2D eigenvalue weighted by Gasteiger charge is 2.50. The molecule has 4 atom stereocenters. The molecule has 1 saturated heterocycles. The van der Waals surface area contributed by atoms with Crippen LogP contribution in [0.5, 0.6) is 0 Å². The van der Waals surface area contributed by atoms with E-state index in [1.54, 1.807) is 0 Å². The number of hydrogen-bond donors (Lipinski definition) is 2. The lowest BCUT2D eigenvalue weighted by Crippen LogP contribution is -2.72. The van der Waals surface area contributed by atoms with Gasteiger partial charge in [0.15, 0.2) is 0 Å². The number of ether oxygens (including phenoxy) is 1. The average Bonchev–Trinajstić information content (AvgIpc) is 2.40. The van der Waals surface area contributed by atoms with Crippen molar-refractivity contribution in [3.05, 3.63) is 0 Å². The second-order valence-electron chi connectivity index (χ2n) is 5.62. The molecule has 1 aliphatic carbocycles. The second kappa shape index (κ2) is 6.53. The Hall–Kier alpha value is -0.610. The van der Waals surface area contributed by atoms with E-state index in [2.05, 4.69) is 12.2 Å². The van der Waals surface area contributed by atoms with Crippen LogP contribution in [0, 0.1) is 5.92 Å². The molecule has 2 aliphatic rings. The van der Waals surface area contributed by atoms with Gasteiger partial charge in [-0.15, -0.1) is 0 Å². The Bertz CT molecular complexity index is 283. The van der Waals surface area contributed by atoms with E-state index in [-0.39, 0.29) is 24.1 Å². The molecule has 3 N–H and O–H groups in total. The normalized spacial score (nSPS) is 34.6. The molecule has 2 fully saturated rings. The van der Waals surface area contributed by atoms with Gasteiger partial charge in [0.25, 0.3) is 0 Å². The fraction of sp³-hybridized carbons (Fsp3) is 0.929. The first kappa shape index (κ1) is 13.8. The van der Waals surface area contributed by atoms with Gasteiger partial charge in [-0.3, -0.25) is 4.79 Å². The molecular weight excluding hydrogens is 228 g/mol. The van der Waals surface area contributed by atoms with Gasteiger partial charge in [0.05, 0.1) is 12.1 Å². The van der Waals surface area contributed by atoms with E-state index in [1.807, 2.05) is 0 Å². The van der Waals surface area contributed by atoms with Crippen molar-refractivity contribution in [1.82, 2.24) is 5.32 Å². The molecule has 1 amide bonds. The minimum Gasteiger partial charge on any atom is -0.376 e. The van der Waals surface area contributed by atoms with E-state index in [9.17, 15) is 4.79 Å². The molecule has 0 aromatic heterocycles. The van der Waals surface area contributed by atoms with Crippen molar-refractivity contribution in [2.75, 3.05) is 6.61 Å². The van der Waals surface area contributed by atoms with Crippen LogP contribution in [-0.2, 0) is 9.53 Å². The number of unbranched alkanes of at least 4 members (excludes halogenated alkanes) is 3. The summed E-state index contributed by atoms with van der Waals surface area (Å²) in [5, 5.41) is 3.05. The second-order valence-corrected chi connectivity index (χ2v) is 5.62. The molecule has 2 rings (SSSR count). The quantitative estimate of drug-likeness (QED) is 0.707. The van der Waals surface area contributed by atoms with Crippen LogP contribution in [0.25, 0.3) is 0 Å². The first-order chi connectivity index (χ1) is 8.74. The summed E-state index contributed by atoms with van der Waals surface area (Å²) < 4.78 is 5.71. The maximum absolute atomic E-state index is 11.8. The van der Waals surface area contributed by atoms with Gasteiger partial charge in [0.1, 0.15) is 0 Å². The molecule has 18 heavy (non-hydrogen) atoms.